The van der Waals surface area contributed by atoms with E-state index < -0.39 is 40.3 Å². The van der Waals surface area contributed by atoms with Crippen LogP contribution in [0.25, 0.3) is 203 Å². The van der Waals surface area contributed by atoms with Gasteiger partial charge in [-0.05, 0) is 54.1 Å². The zero-order valence-electron chi connectivity index (χ0n) is 61.1. The number of rotatable bonds is 15. The summed E-state index contributed by atoms with van der Waals surface area (Å²) in [6, 6.07) is 103. The van der Waals surface area contributed by atoms with E-state index in [0.717, 1.165) is 12.1 Å². The largest absolute Gasteiger partial charge is 0.420 e. The van der Waals surface area contributed by atoms with E-state index in [2.05, 4.69) is 0 Å². The average molecular weight is 1510 g/mol. The third-order valence-electron chi connectivity index (χ3n) is 20.5. The molecule has 0 bridgehead atoms. The highest BCUT2D eigenvalue weighted by atomic mass is 19.4. The molecule has 0 N–H and O–H groups in total. The molecule has 0 atom stereocenters. The van der Waals surface area contributed by atoms with E-state index in [-0.39, 0.29) is 50.9 Å². The zero-order valence-corrected chi connectivity index (χ0v) is 61.1. The van der Waals surface area contributed by atoms with Crippen molar-refractivity contribution in [3.05, 3.63) is 363 Å². The molecule has 0 radical (unpaired) electrons. The van der Waals surface area contributed by atoms with Crippen LogP contribution in [0.5, 0.6) is 0 Å². The van der Waals surface area contributed by atoms with Gasteiger partial charge < -0.3 is 9.13 Å². The van der Waals surface area contributed by atoms with Crippen LogP contribution in [-0.4, -0.2) is 68.9 Å². The normalized spacial score (nSPS) is 11.7. The Morgan fingerprint density at radius 1 is 0.190 bits per heavy atom. The van der Waals surface area contributed by atoms with Gasteiger partial charge in [0.15, 0.2) is 69.9 Å². The van der Waals surface area contributed by atoms with Crippen LogP contribution < -0.4 is 0 Å². The smallest absolute Gasteiger partial charge is 0.308 e. The van der Waals surface area contributed by atoms with Gasteiger partial charge in [-0.15, -0.1) is 0 Å². The van der Waals surface area contributed by atoms with Gasteiger partial charge in [-0.2, -0.15) is 13.2 Å². The van der Waals surface area contributed by atoms with Crippen LogP contribution >= 0.6 is 0 Å². The van der Waals surface area contributed by atoms with Crippen molar-refractivity contribution in [2.45, 2.75) is 6.18 Å². The SMILES string of the molecule is Fc1cccc(F)c1-c1cc(-n2c3cc(-c4nc(-c5ccccc5)nc(-c5ccccc5)n4)ccc3c3ccc(-c4nc(-c5ccccc5)nc(-c5ccccc5)n4)cc32)c(C(F)(F)F)c(-n2c3cc(-c4nc(-c5ccccc5)nc(-c5ccccc5)n4)ccc3c3ccc(-c4nc(-c5ccccc5)nc(-c5ccccc5)n4)cc32)c1. The second kappa shape index (κ2) is 28.9. The van der Waals surface area contributed by atoms with Gasteiger partial charge in [-0.25, -0.2) is 68.6 Å². The second-order valence-electron chi connectivity index (χ2n) is 27.7. The molecule has 19 heteroatoms. The van der Waals surface area contributed by atoms with Crippen molar-refractivity contribution >= 4 is 43.6 Å². The summed E-state index contributed by atoms with van der Waals surface area (Å²) in [5, 5.41) is 1.98. The Morgan fingerprint density at radius 2 is 0.379 bits per heavy atom. The molecule has 0 aliphatic carbocycles. The summed E-state index contributed by atoms with van der Waals surface area (Å²) in [6.45, 7) is 0. The molecule has 0 fully saturated rings. The minimum Gasteiger partial charge on any atom is -0.308 e. The van der Waals surface area contributed by atoms with E-state index in [1.807, 2.05) is 291 Å². The summed E-state index contributed by atoms with van der Waals surface area (Å²) in [7, 11) is 0. The minimum absolute atomic E-state index is 0.204. The van der Waals surface area contributed by atoms with Crippen molar-refractivity contribution in [2.75, 3.05) is 0 Å². The monoisotopic (exact) mass is 1510 g/mol. The molecule has 0 aliphatic heterocycles. The molecule has 0 unspecified atom stereocenters. The maximum atomic E-state index is 18.5. The highest BCUT2D eigenvalue weighted by molar-refractivity contribution is 6.13. The quantitative estimate of drug-likeness (QED) is 0.0894. The van der Waals surface area contributed by atoms with Gasteiger partial charge >= 0.3 is 6.18 Å². The van der Waals surface area contributed by atoms with E-state index in [9.17, 15) is 0 Å². The Bertz CT molecular complexity index is 6170. The van der Waals surface area contributed by atoms with Crippen LogP contribution in [0.15, 0.2) is 346 Å². The van der Waals surface area contributed by atoms with Crippen LogP contribution in [-0.2, 0) is 6.18 Å². The molecule has 20 rings (SSSR count). The lowest BCUT2D eigenvalue weighted by Crippen LogP contribution is -2.16. The third-order valence-corrected chi connectivity index (χ3v) is 20.5. The number of halogens is 5. The summed E-state index contributed by atoms with van der Waals surface area (Å²) in [5.74, 6) is 1.49. The molecule has 0 aliphatic rings. The lowest BCUT2D eigenvalue weighted by Gasteiger charge is -2.23. The van der Waals surface area contributed by atoms with E-state index in [4.69, 9.17) is 59.8 Å². The van der Waals surface area contributed by atoms with Crippen LogP contribution in [0.1, 0.15) is 5.56 Å². The summed E-state index contributed by atoms with van der Waals surface area (Å²) < 4.78 is 93.6. The summed E-state index contributed by atoms with van der Waals surface area (Å²) in [4.78, 5) is 60.8. The Balaban J connectivity index is 0.915. The number of alkyl halides is 3. The predicted octanol–water partition coefficient (Wildman–Crippen LogP) is 23.6. The van der Waals surface area contributed by atoms with Gasteiger partial charge in [0, 0.05) is 88.3 Å². The lowest BCUT2D eigenvalue weighted by atomic mass is 9.98. The fourth-order valence-electron chi connectivity index (χ4n) is 15.0. The molecule has 0 saturated heterocycles. The first-order chi connectivity index (χ1) is 56.9. The van der Waals surface area contributed by atoms with Crippen molar-refractivity contribution in [1.82, 2.24) is 68.9 Å². The van der Waals surface area contributed by atoms with Crippen LogP contribution in [0.3, 0.4) is 0 Å². The van der Waals surface area contributed by atoms with Crippen LogP contribution in [0.2, 0.25) is 0 Å². The zero-order chi connectivity index (χ0) is 78.0. The Kier molecular flexibility index (Phi) is 17.3. The number of hydrogen-bond acceptors (Lipinski definition) is 12. The molecule has 14 aromatic carbocycles. The van der Waals surface area contributed by atoms with Crippen molar-refractivity contribution in [3.63, 3.8) is 0 Å². The molecular weight excluding hydrogens is 1460 g/mol. The highest BCUT2D eigenvalue weighted by Crippen LogP contribution is 2.49. The van der Waals surface area contributed by atoms with Crippen molar-refractivity contribution in [3.8, 4) is 159 Å². The lowest BCUT2D eigenvalue weighted by molar-refractivity contribution is -0.137. The minimum atomic E-state index is -5.33. The van der Waals surface area contributed by atoms with Gasteiger partial charge in [0.05, 0.1) is 39.0 Å². The first-order valence-electron chi connectivity index (χ1n) is 37.3. The second-order valence-corrected chi connectivity index (χ2v) is 27.7. The highest BCUT2D eigenvalue weighted by Gasteiger charge is 2.41. The molecule has 116 heavy (non-hydrogen) atoms. The van der Waals surface area contributed by atoms with Gasteiger partial charge in [-0.3, -0.25) is 0 Å². The van der Waals surface area contributed by atoms with Gasteiger partial charge in [0.1, 0.15) is 17.2 Å². The Hall–Kier alpha value is -15.6. The van der Waals surface area contributed by atoms with Gasteiger partial charge in [0.2, 0.25) is 0 Å². The fraction of sp³-hybridized carbons (Fsp3) is 0.0103. The van der Waals surface area contributed by atoms with E-state index in [1.165, 1.54) is 27.3 Å². The van der Waals surface area contributed by atoms with E-state index >= 15 is 22.0 Å². The fourth-order valence-corrected chi connectivity index (χ4v) is 15.0. The third kappa shape index (κ3) is 12.9. The first-order valence-corrected chi connectivity index (χ1v) is 37.3. The van der Waals surface area contributed by atoms with E-state index in [0.29, 0.717) is 135 Å². The maximum Gasteiger partial charge on any atom is 0.420 e. The molecule has 0 saturated carbocycles. The predicted molar refractivity (Wildman–Crippen MR) is 444 cm³/mol. The molecule has 6 heterocycles. The molecular formula is C97H57F5N14. The standard InChI is InChI=1S/C97H57F5N14/c98-75-42-25-43-76(99)83(75)70-56-81(115-77-52-66(93-107-85(58-26-9-1-10-27-58)103-86(108-93)59-28-11-2-12-29-59)44-48-71(77)72-49-45-67(53-78(72)115)94-109-87(60-30-13-3-14-31-60)104-88(110-94)61-32-15-4-16-33-61)84(97(100,101)102)82(57-70)116-79-54-68(95-111-89(62-34-17-5-18-35-62)105-90(112-95)63-36-19-6-20-37-63)46-50-73(79)74-51-47-69(55-80(74)116)96-113-91(64-38-21-7-22-39-64)106-92(114-96)65-40-23-8-24-41-65/h1-57H. The maximum absolute atomic E-state index is 18.5. The number of nitrogens with zero attached hydrogens (tertiary/aromatic N) is 14. The van der Waals surface area contributed by atoms with Gasteiger partial charge in [0.25, 0.3) is 0 Å². The molecule has 0 amide bonds. The average Bonchev–Trinajstić information content (AvgIpc) is 1.53. The topological polar surface area (TPSA) is 165 Å². The molecule has 0 spiro atoms. The van der Waals surface area contributed by atoms with Gasteiger partial charge in [-0.1, -0.05) is 297 Å². The number of aromatic nitrogens is 14. The summed E-state index contributed by atoms with van der Waals surface area (Å²) in [6.07, 6.45) is -5.33. The number of fused-ring (bicyclic) bond motifs is 6. The molecule has 6 aromatic heterocycles. The molecule has 14 nitrogen and oxygen atoms in total. The summed E-state index contributed by atoms with van der Waals surface area (Å²) >= 11 is 0. The van der Waals surface area contributed by atoms with Crippen LogP contribution in [0, 0.1) is 11.6 Å². The Morgan fingerprint density at radius 3 is 0.569 bits per heavy atom. The Labute approximate surface area is 659 Å². The number of benzene rings is 14. The summed E-state index contributed by atoms with van der Waals surface area (Å²) in [5.41, 5.74) is 4.96. The molecule has 20 aromatic rings. The van der Waals surface area contributed by atoms with Crippen molar-refractivity contribution in [1.29, 1.82) is 0 Å². The number of hydrogen-bond donors (Lipinski definition) is 0. The van der Waals surface area contributed by atoms with E-state index in [1.54, 1.807) is 24.3 Å². The first kappa shape index (κ1) is 69.6. The van der Waals surface area contributed by atoms with Crippen LogP contribution in [0.4, 0.5) is 22.0 Å². The molecule has 550 valence electrons. The van der Waals surface area contributed by atoms with Crippen molar-refractivity contribution < 1.29 is 22.0 Å². The van der Waals surface area contributed by atoms with Crippen molar-refractivity contribution in [2.24, 2.45) is 0 Å².